The maximum atomic E-state index is 11.4. The van der Waals surface area contributed by atoms with Gasteiger partial charge in [0.25, 0.3) is 0 Å². The third-order valence-corrected chi connectivity index (χ3v) is 4.02. The Bertz CT molecular complexity index is 325. The van der Waals surface area contributed by atoms with Crippen LogP contribution in [0.1, 0.15) is 80.6 Å². The summed E-state index contributed by atoms with van der Waals surface area (Å²) in [5.74, 6) is 1.39. The Balaban J connectivity index is 0. The summed E-state index contributed by atoms with van der Waals surface area (Å²) in [6.45, 7) is 14.9. The molecule has 0 saturated heterocycles. The number of amides is 1. The van der Waals surface area contributed by atoms with Gasteiger partial charge in [0.1, 0.15) is 5.78 Å². The summed E-state index contributed by atoms with van der Waals surface area (Å²) in [5.41, 5.74) is -0.441. The minimum atomic E-state index is -0.441. The maximum absolute atomic E-state index is 11.4. The molecule has 2 N–H and O–H groups in total. The quantitative estimate of drug-likeness (QED) is 0.637. The first-order valence-electron chi connectivity index (χ1n) is 9.04. The van der Waals surface area contributed by atoms with Crippen molar-refractivity contribution in [1.29, 1.82) is 0 Å². The van der Waals surface area contributed by atoms with Crippen LogP contribution in [0.5, 0.6) is 0 Å². The molecule has 1 amide bonds. The summed E-state index contributed by atoms with van der Waals surface area (Å²) in [5, 5.41) is 11.5. The number of carbonyl (C=O) groups excluding carboxylic acids is 2. The Morgan fingerprint density at radius 2 is 1.70 bits per heavy atom. The van der Waals surface area contributed by atoms with Crippen molar-refractivity contribution in [3.8, 4) is 0 Å². The van der Waals surface area contributed by atoms with Crippen molar-refractivity contribution in [3.63, 3.8) is 0 Å². The molecule has 0 aromatic carbocycles. The van der Waals surface area contributed by atoms with Crippen molar-refractivity contribution in [3.05, 3.63) is 0 Å². The summed E-state index contributed by atoms with van der Waals surface area (Å²) >= 11 is 0. The molecular weight excluding hydrogens is 290 g/mol. The van der Waals surface area contributed by atoms with Crippen LogP contribution in [0.2, 0.25) is 0 Å². The first kappa shape index (κ1) is 24.4. The molecule has 0 aliphatic rings. The minimum Gasteiger partial charge on any atom is -0.396 e. The zero-order valence-electron chi connectivity index (χ0n) is 16.4. The Morgan fingerprint density at radius 3 is 2.09 bits per heavy atom. The summed E-state index contributed by atoms with van der Waals surface area (Å²) in [4.78, 5) is 22.7. The molecule has 1 unspecified atom stereocenters. The van der Waals surface area contributed by atoms with E-state index in [-0.39, 0.29) is 18.4 Å². The highest BCUT2D eigenvalue weighted by molar-refractivity contribution is 5.81. The van der Waals surface area contributed by atoms with E-state index in [1.165, 1.54) is 0 Å². The molecule has 0 spiro atoms. The number of hydrogen-bond acceptors (Lipinski definition) is 3. The SMILES string of the molecule is CCC(C)C(=O)CCC(C)C.CCCNC(=O)C(C)(C)CCO. The molecular formula is C19H39NO3. The average molecular weight is 330 g/mol. The van der Waals surface area contributed by atoms with Crippen LogP contribution in [0.3, 0.4) is 0 Å². The fourth-order valence-electron chi connectivity index (χ4n) is 1.78. The van der Waals surface area contributed by atoms with Crippen molar-refractivity contribution >= 4 is 11.7 Å². The fourth-order valence-corrected chi connectivity index (χ4v) is 1.78. The largest absolute Gasteiger partial charge is 0.396 e. The molecule has 4 heteroatoms. The topological polar surface area (TPSA) is 66.4 Å². The van der Waals surface area contributed by atoms with Gasteiger partial charge in [-0.1, -0.05) is 48.5 Å². The zero-order chi connectivity index (χ0) is 18.5. The second-order valence-corrected chi connectivity index (χ2v) is 7.32. The first-order chi connectivity index (χ1) is 10.6. The molecule has 0 aromatic rings. The molecule has 138 valence electrons. The van der Waals surface area contributed by atoms with Crippen LogP contribution in [-0.2, 0) is 9.59 Å². The van der Waals surface area contributed by atoms with E-state index in [1.54, 1.807) is 0 Å². The van der Waals surface area contributed by atoms with E-state index < -0.39 is 5.41 Å². The number of carbonyl (C=O) groups is 2. The molecule has 23 heavy (non-hydrogen) atoms. The van der Waals surface area contributed by atoms with E-state index >= 15 is 0 Å². The molecule has 0 aliphatic heterocycles. The second kappa shape index (κ2) is 13.5. The number of Topliss-reactive ketones (excluding diaryl/α,β-unsaturated/α-hetero) is 1. The van der Waals surface area contributed by atoms with Crippen LogP contribution in [0.25, 0.3) is 0 Å². The number of hydrogen-bond donors (Lipinski definition) is 2. The number of aliphatic hydroxyl groups is 1. The second-order valence-electron chi connectivity index (χ2n) is 7.32. The Kier molecular flexibility index (Phi) is 14.3. The fraction of sp³-hybridized carbons (Fsp3) is 0.895. The Hall–Kier alpha value is -0.900. The summed E-state index contributed by atoms with van der Waals surface area (Å²) in [6.07, 6.45) is 4.26. The molecule has 4 nitrogen and oxygen atoms in total. The normalized spacial score (nSPS) is 12.4. The zero-order valence-corrected chi connectivity index (χ0v) is 16.4. The number of ketones is 1. The molecule has 1 atom stereocenters. The van der Waals surface area contributed by atoms with Crippen molar-refractivity contribution in [2.24, 2.45) is 17.3 Å². The van der Waals surface area contributed by atoms with Crippen LogP contribution in [0.15, 0.2) is 0 Å². The maximum Gasteiger partial charge on any atom is 0.225 e. The lowest BCUT2D eigenvalue weighted by Gasteiger charge is -2.22. The van der Waals surface area contributed by atoms with Gasteiger partial charge in [-0.25, -0.2) is 0 Å². The predicted molar refractivity (Wildman–Crippen MR) is 97.3 cm³/mol. The lowest BCUT2D eigenvalue weighted by Crippen LogP contribution is -2.37. The van der Waals surface area contributed by atoms with E-state index in [0.29, 0.717) is 24.7 Å². The smallest absolute Gasteiger partial charge is 0.225 e. The first-order valence-corrected chi connectivity index (χ1v) is 9.04. The summed E-state index contributed by atoms with van der Waals surface area (Å²) < 4.78 is 0. The molecule has 0 bridgehead atoms. The van der Waals surface area contributed by atoms with Gasteiger partial charge in [0, 0.05) is 30.9 Å². The monoisotopic (exact) mass is 329 g/mol. The van der Waals surface area contributed by atoms with Gasteiger partial charge in [-0.05, 0) is 31.6 Å². The highest BCUT2D eigenvalue weighted by Gasteiger charge is 2.25. The average Bonchev–Trinajstić information content (AvgIpc) is 2.49. The van der Waals surface area contributed by atoms with E-state index in [9.17, 15) is 9.59 Å². The molecule has 0 saturated carbocycles. The molecule has 0 aromatic heterocycles. The molecule has 0 aliphatic carbocycles. The minimum absolute atomic E-state index is 0.0263. The van der Waals surface area contributed by atoms with Gasteiger partial charge in [0.05, 0.1) is 0 Å². The van der Waals surface area contributed by atoms with E-state index in [1.807, 2.05) is 27.7 Å². The third kappa shape index (κ3) is 13.3. The molecule has 0 heterocycles. The predicted octanol–water partition coefficient (Wildman–Crippen LogP) is 3.96. The van der Waals surface area contributed by atoms with Gasteiger partial charge in [0.15, 0.2) is 0 Å². The standard InChI is InChI=1S/C10H20O.C9H19NO2/c1-5-9(4)10(11)7-6-8(2)3;1-4-6-10-8(12)9(2,3)5-7-11/h8-9H,5-7H2,1-4H3;11H,4-7H2,1-3H3,(H,10,12). The molecule has 0 fully saturated rings. The lowest BCUT2D eigenvalue weighted by atomic mass is 9.89. The van der Waals surface area contributed by atoms with Crippen molar-refractivity contribution in [2.75, 3.05) is 13.2 Å². The van der Waals surface area contributed by atoms with Crippen LogP contribution in [0.4, 0.5) is 0 Å². The number of nitrogens with one attached hydrogen (secondary N) is 1. The van der Waals surface area contributed by atoms with E-state index in [2.05, 4.69) is 26.1 Å². The van der Waals surface area contributed by atoms with Crippen LogP contribution in [0, 0.1) is 17.3 Å². The van der Waals surface area contributed by atoms with Crippen LogP contribution < -0.4 is 5.32 Å². The van der Waals surface area contributed by atoms with Gasteiger partial charge < -0.3 is 10.4 Å². The van der Waals surface area contributed by atoms with Crippen molar-refractivity contribution in [2.45, 2.75) is 80.6 Å². The van der Waals surface area contributed by atoms with E-state index in [4.69, 9.17) is 5.11 Å². The van der Waals surface area contributed by atoms with Crippen LogP contribution in [-0.4, -0.2) is 29.9 Å². The van der Waals surface area contributed by atoms with Gasteiger partial charge in [0.2, 0.25) is 5.91 Å². The van der Waals surface area contributed by atoms with E-state index in [0.717, 1.165) is 25.7 Å². The van der Waals surface area contributed by atoms with Crippen molar-refractivity contribution in [1.82, 2.24) is 5.32 Å². The highest BCUT2D eigenvalue weighted by Crippen LogP contribution is 2.19. The highest BCUT2D eigenvalue weighted by atomic mass is 16.3. The molecule has 0 radical (unpaired) electrons. The Labute approximate surface area is 143 Å². The number of rotatable bonds is 10. The summed E-state index contributed by atoms with van der Waals surface area (Å²) in [6, 6.07) is 0. The van der Waals surface area contributed by atoms with Gasteiger partial charge >= 0.3 is 0 Å². The lowest BCUT2D eigenvalue weighted by molar-refractivity contribution is -0.130. The van der Waals surface area contributed by atoms with Gasteiger partial charge in [-0.3, -0.25) is 9.59 Å². The Morgan fingerprint density at radius 1 is 1.13 bits per heavy atom. The van der Waals surface area contributed by atoms with Gasteiger partial charge in [-0.2, -0.15) is 0 Å². The third-order valence-electron chi connectivity index (χ3n) is 4.02. The van der Waals surface area contributed by atoms with Crippen molar-refractivity contribution < 1.29 is 14.7 Å². The molecule has 0 rings (SSSR count). The number of aliphatic hydroxyl groups excluding tert-OH is 1. The van der Waals surface area contributed by atoms with Gasteiger partial charge in [-0.15, -0.1) is 0 Å². The summed E-state index contributed by atoms with van der Waals surface area (Å²) in [7, 11) is 0. The van der Waals surface area contributed by atoms with Crippen LogP contribution >= 0.6 is 0 Å².